The van der Waals surface area contributed by atoms with Crippen molar-refractivity contribution in [2.45, 2.75) is 44.9 Å². The Balaban J connectivity index is 0.00000280. The highest BCUT2D eigenvalue weighted by atomic mass is 127. The van der Waals surface area contributed by atoms with Crippen molar-refractivity contribution < 1.29 is 0 Å². The molecule has 6 heteroatoms. The average Bonchev–Trinajstić information content (AvgIpc) is 3.13. The van der Waals surface area contributed by atoms with E-state index in [0.29, 0.717) is 0 Å². The Hall–Kier alpha value is -1.28. The zero-order chi connectivity index (χ0) is 18.7. The molecule has 0 radical (unpaired) electrons. The van der Waals surface area contributed by atoms with E-state index in [-0.39, 0.29) is 24.0 Å². The number of H-pyrrole nitrogens is 1. The Kier molecular flexibility index (Phi) is 10.7. The molecule has 1 aliphatic heterocycles. The summed E-state index contributed by atoms with van der Waals surface area (Å²) in [6.45, 7) is 5.78. The molecule has 1 saturated heterocycles. The topological polar surface area (TPSA) is 55.5 Å². The summed E-state index contributed by atoms with van der Waals surface area (Å²) in [4.78, 5) is 10.3. The van der Waals surface area contributed by atoms with Gasteiger partial charge in [0.1, 0.15) is 0 Å². The normalized spacial score (nSPS) is 15.4. The maximum absolute atomic E-state index is 4.34. The van der Waals surface area contributed by atoms with Gasteiger partial charge < -0.3 is 20.5 Å². The zero-order valence-corrected chi connectivity index (χ0v) is 19.5. The van der Waals surface area contributed by atoms with Crippen LogP contribution in [0.4, 0.5) is 0 Å². The molecule has 5 nitrogen and oxygen atoms in total. The van der Waals surface area contributed by atoms with E-state index in [0.717, 1.165) is 25.5 Å². The summed E-state index contributed by atoms with van der Waals surface area (Å²) in [6.07, 6.45) is 11.1. The van der Waals surface area contributed by atoms with E-state index < -0.39 is 0 Å². The number of piperidine rings is 1. The fourth-order valence-electron chi connectivity index (χ4n) is 3.90. The molecule has 0 saturated carbocycles. The van der Waals surface area contributed by atoms with Crippen molar-refractivity contribution in [3.63, 3.8) is 0 Å². The summed E-state index contributed by atoms with van der Waals surface area (Å²) in [5.74, 6) is 0.908. The molecule has 1 fully saturated rings. The largest absolute Gasteiger partial charge is 0.361 e. The lowest BCUT2D eigenvalue weighted by molar-refractivity contribution is 0.224. The summed E-state index contributed by atoms with van der Waals surface area (Å²) >= 11 is 0. The average molecular weight is 497 g/mol. The number of hydrogen-bond donors (Lipinski definition) is 3. The van der Waals surface area contributed by atoms with Gasteiger partial charge in [0, 0.05) is 37.2 Å². The van der Waals surface area contributed by atoms with Crippen LogP contribution in [0.5, 0.6) is 0 Å². The van der Waals surface area contributed by atoms with Crippen molar-refractivity contribution in [2.75, 3.05) is 39.8 Å². The molecule has 0 spiro atoms. The fourth-order valence-corrected chi connectivity index (χ4v) is 3.90. The summed E-state index contributed by atoms with van der Waals surface area (Å²) in [5.41, 5.74) is 2.56. The SMILES string of the molecule is CN=C(NCCCCCN1CCCCC1)NCCc1c[nH]c2ccccc12.I. The molecule has 156 valence electrons. The molecule has 0 bridgehead atoms. The van der Waals surface area contributed by atoms with Crippen molar-refractivity contribution >= 4 is 40.8 Å². The van der Waals surface area contributed by atoms with Crippen LogP contribution in [0.1, 0.15) is 44.1 Å². The molecule has 0 atom stereocenters. The first-order chi connectivity index (χ1) is 13.4. The lowest BCUT2D eigenvalue weighted by Crippen LogP contribution is -2.38. The quantitative estimate of drug-likeness (QED) is 0.211. The monoisotopic (exact) mass is 497 g/mol. The number of halogens is 1. The molecule has 28 heavy (non-hydrogen) atoms. The van der Waals surface area contributed by atoms with Gasteiger partial charge in [-0.1, -0.05) is 31.0 Å². The van der Waals surface area contributed by atoms with Crippen LogP contribution >= 0.6 is 24.0 Å². The van der Waals surface area contributed by atoms with Crippen LogP contribution in [-0.4, -0.2) is 55.6 Å². The van der Waals surface area contributed by atoms with Crippen LogP contribution in [0, 0.1) is 0 Å². The summed E-state index contributed by atoms with van der Waals surface area (Å²) in [7, 11) is 1.84. The number of benzene rings is 1. The molecule has 1 aliphatic rings. The second-order valence-electron chi connectivity index (χ2n) is 7.50. The molecule has 2 aromatic rings. The van der Waals surface area contributed by atoms with Crippen LogP contribution in [0.15, 0.2) is 35.5 Å². The van der Waals surface area contributed by atoms with Gasteiger partial charge in [0.25, 0.3) is 0 Å². The van der Waals surface area contributed by atoms with Crippen molar-refractivity contribution in [1.29, 1.82) is 0 Å². The van der Waals surface area contributed by atoms with Gasteiger partial charge in [-0.15, -0.1) is 24.0 Å². The highest BCUT2D eigenvalue weighted by Gasteiger charge is 2.08. The molecule has 0 aliphatic carbocycles. The third kappa shape index (κ3) is 7.28. The number of nitrogens with zero attached hydrogens (tertiary/aromatic N) is 2. The van der Waals surface area contributed by atoms with E-state index >= 15 is 0 Å². The number of hydrogen-bond acceptors (Lipinski definition) is 2. The van der Waals surface area contributed by atoms with Crippen molar-refractivity contribution in [3.8, 4) is 0 Å². The van der Waals surface area contributed by atoms with Gasteiger partial charge in [-0.2, -0.15) is 0 Å². The first-order valence-corrected chi connectivity index (χ1v) is 10.6. The van der Waals surface area contributed by atoms with E-state index in [1.165, 1.54) is 74.6 Å². The van der Waals surface area contributed by atoms with Crippen LogP contribution in [0.3, 0.4) is 0 Å². The van der Waals surface area contributed by atoms with E-state index in [4.69, 9.17) is 0 Å². The molecular formula is C22H36IN5. The number of likely N-dealkylation sites (tertiary alicyclic amines) is 1. The van der Waals surface area contributed by atoms with Crippen molar-refractivity contribution in [2.24, 2.45) is 4.99 Å². The Bertz CT molecular complexity index is 706. The number of aliphatic imine (C=N–C) groups is 1. The standard InChI is InChI=1S/C22H35N5.HI/c1-23-22(24-13-6-2-7-15-27-16-8-3-9-17-27)25-14-12-19-18-26-21-11-5-4-10-20(19)21;/h4-5,10-11,18,26H,2-3,6-9,12-17H2,1H3,(H2,23,24,25);1H. The molecule has 1 aromatic carbocycles. The second-order valence-corrected chi connectivity index (χ2v) is 7.50. The minimum absolute atomic E-state index is 0. The number of unbranched alkanes of at least 4 members (excludes halogenated alkanes) is 2. The minimum atomic E-state index is 0. The number of aromatic nitrogens is 1. The lowest BCUT2D eigenvalue weighted by Gasteiger charge is -2.26. The van der Waals surface area contributed by atoms with E-state index in [1.807, 2.05) is 7.05 Å². The minimum Gasteiger partial charge on any atom is -0.361 e. The third-order valence-electron chi connectivity index (χ3n) is 5.48. The summed E-state index contributed by atoms with van der Waals surface area (Å²) in [5, 5.41) is 8.19. The highest BCUT2D eigenvalue weighted by molar-refractivity contribution is 14.0. The Morgan fingerprint density at radius 3 is 2.64 bits per heavy atom. The molecular weight excluding hydrogens is 461 g/mol. The molecule has 3 N–H and O–H groups in total. The van der Waals surface area contributed by atoms with Crippen LogP contribution in [-0.2, 0) is 6.42 Å². The molecule has 0 unspecified atom stereocenters. The van der Waals surface area contributed by atoms with Crippen molar-refractivity contribution in [3.05, 3.63) is 36.0 Å². The van der Waals surface area contributed by atoms with Crippen LogP contribution < -0.4 is 10.6 Å². The lowest BCUT2D eigenvalue weighted by atomic mass is 10.1. The number of para-hydroxylation sites is 1. The van der Waals surface area contributed by atoms with E-state index in [2.05, 4.69) is 56.0 Å². The van der Waals surface area contributed by atoms with E-state index in [9.17, 15) is 0 Å². The maximum Gasteiger partial charge on any atom is 0.190 e. The maximum atomic E-state index is 4.34. The number of aromatic amines is 1. The summed E-state index contributed by atoms with van der Waals surface area (Å²) in [6, 6.07) is 8.47. The molecule has 3 rings (SSSR count). The summed E-state index contributed by atoms with van der Waals surface area (Å²) < 4.78 is 0. The number of nitrogens with one attached hydrogen (secondary N) is 3. The number of guanidine groups is 1. The van der Waals surface area contributed by atoms with E-state index in [1.54, 1.807) is 0 Å². The molecule has 2 heterocycles. The number of fused-ring (bicyclic) bond motifs is 1. The Labute approximate surface area is 186 Å². The highest BCUT2D eigenvalue weighted by Crippen LogP contribution is 2.17. The van der Waals surface area contributed by atoms with Gasteiger partial charge in [-0.3, -0.25) is 4.99 Å². The first kappa shape index (κ1) is 23.0. The van der Waals surface area contributed by atoms with Crippen LogP contribution in [0.25, 0.3) is 10.9 Å². The van der Waals surface area contributed by atoms with Crippen LogP contribution in [0.2, 0.25) is 0 Å². The zero-order valence-electron chi connectivity index (χ0n) is 17.2. The second kappa shape index (κ2) is 13.0. The first-order valence-electron chi connectivity index (χ1n) is 10.6. The van der Waals surface area contributed by atoms with Gasteiger partial charge in [0.05, 0.1) is 0 Å². The Morgan fingerprint density at radius 2 is 1.82 bits per heavy atom. The van der Waals surface area contributed by atoms with Gasteiger partial charge in [-0.05, 0) is 63.4 Å². The van der Waals surface area contributed by atoms with Gasteiger partial charge >= 0.3 is 0 Å². The Morgan fingerprint density at radius 1 is 1.04 bits per heavy atom. The molecule has 1 aromatic heterocycles. The smallest absolute Gasteiger partial charge is 0.190 e. The predicted octanol–water partition coefficient (Wildman–Crippen LogP) is 4.15. The number of rotatable bonds is 9. The van der Waals surface area contributed by atoms with Crippen molar-refractivity contribution in [1.82, 2.24) is 20.5 Å². The predicted molar refractivity (Wildman–Crippen MR) is 131 cm³/mol. The fraction of sp³-hybridized carbons (Fsp3) is 0.591. The van der Waals surface area contributed by atoms with Gasteiger partial charge in [-0.25, -0.2) is 0 Å². The van der Waals surface area contributed by atoms with Gasteiger partial charge in [0.2, 0.25) is 0 Å². The third-order valence-corrected chi connectivity index (χ3v) is 5.48. The molecule has 0 amide bonds. The van der Waals surface area contributed by atoms with Gasteiger partial charge in [0.15, 0.2) is 5.96 Å².